The first kappa shape index (κ1) is 20.1. The summed E-state index contributed by atoms with van der Waals surface area (Å²) in [5.41, 5.74) is 1.97. The Kier molecular flexibility index (Phi) is 7.78. The molecule has 1 N–H and O–H groups in total. The van der Waals surface area contributed by atoms with Gasteiger partial charge in [0.05, 0.1) is 26.0 Å². The molecule has 0 radical (unpaired) electrons. The van der Waals surface area contributed by atoms with Gasteiger partial charge in [-0.15, -0.1) is 11.8 Å². The van der Waals surface area contributed by atoms with Gasteiger partial charge in [0.1, 0.15) is 5.82 Å². The van der Waals surface area contributed by atoms with Crippen LogP contribution in [0.4, 0.5) is 4.39 Å². The van der Waals surface area contributed by atoms with Gasteiger partial charge in [-0.25, -0.2) is 4.39 Å². The lowest BCUT2D eigenvalue weighted by Gasteiger charge is -2.19. The average molecular weight is 377 g/mol. The normalized spacial score (nSPS) is 11.7. The van der Waals surface area contributed by atoms with Crippen LogP contribution in [-0.2, 0) is 10.5 Å². The lowest BCUT2D eigenvalue weighted by Crippen LogP contribution is -2.29. The molecule has 140 valence electrons. The largest absolute Gasteiger partial charge is 0.493 e. The molecule has 4 nitrogen and oxygen atoms in total. The van der Waals surface area contributed by atoms with E-state index in [1.165, 1.54) is 23.9 Å². The Morgan fingerprint density at radius 2 is 1.81 bits per heavy atom. The van der Waals surface area contributed by atoms with Crippen LogP contribution >= 0.6 is 11.8 Å². The third-order valence-corrected chi connectivity index (χ3v) is 4.97. The fourth-order valence-electron chi connectivity index (χ4n) is 2.57. The zero-order valence-corrected chi connectivity index (χ0v) is 16.1. The van der Waals surface area contributed by atoms with E-state index in [-0.39, 0.29) is 17.8 Å². The molecule has 2 aromatic carbocycles. The summed E-state index contributed by atoms with van der Waals surface area (Å²) in [5.74, 6) is 2.04. The summed E-state index contributed by atoms with van der Waals surface area (Å²) >= 11 is 1.50. The molecule has 0 bridgehead atoms. The number of ether oxygens (including phenoxy) is 2. The molecule has 6 heteroatoms. The number of carbonyl (C=O) groups is 1. The number of hydrogen-bond donors (Lipinski definition) is 1. The second kappa shape index (κ2) is 10.1. The number of methoxy groups -OCH3 is 2. The summed E-state index contributed by atoms with van der Waals surface area (Å²) in [6.07, 6.45) is 0.768. The summed E-state index contributed by atoms with van der Waals surface area (Å²) in [4.78, 5) is 12.3. The molecule has 2 aromatic rings. The standard InChI is InChI=1S/C20H24FNO3S/c1-4-17(15-7-10-18(24-2)19(11-15)25-3)22-20(23)13-26-12-14-5-8-16(21)9-6-14/h5-11,17H,4,12-13H2,1-3H3,(H,22,23)/t17-/m0/s1. The molecule has 0 aliphatic rings. The third-order valence-electron chi connectivity index (χ3n) is 3.97. The Hall–Kier alpha value is -2.21. The Balaban J connectivity index is 1.90. The van der Waals surface area contributed by atoms with Crippen LogP contribution in [0.25, 0.3) is 0 Å². The maximum absolute atomic E-state index is 12.9. The SMILES string of the molecule is CC[C@H](NC(=O)CSCc1ccc(F)cc1)c1ccc(OC)c(OC)c1. The molecule has 0 heterocycles. The van der Waals surface area contributed by atoms with Crippen molar-refractivity contribution in [3.05, 3.63) is 59.4 Å². The van der Waals surface area contributed by atoms with E-state index in [1.807, 2.05) is 25.1 Å². The maximum atomic E-state index is 12.9. The zero-order chi connectivity index (χ0) is 18.9. The number of thioether (sulfide) groups is 1. The molecule has 0 saturated carbocycles. The molecule has 0 unspecified atom stereocenters. The van der Waals surface area contributed by atoms with Crippen LogP contribution in [0.3, 0.4) is 0 Å². The van der Waals surface area contributed by atoms with Crippen LogP contribution in [0.1, 0.15) is 30.5 Å². The third kappa shape index (κ3) is 5.66. The lowest BCUT2D eigenvalue weighted by atomic mass is 10.0. The number of halogens is 1. The first-order chi connectivity index (χ1) is 12.6. The Labute approximate surface area is 158 Å². The molecule has 0 saturated heterocycles. The fraction of sp³-hybridized carbons (Fsp3) is 0.350. The highest BCUT2D eigenvalue weighted by Gasteiger charge is 2.15. The van der Waals surface area contributed by atoms with Crippen LogP contribution in [0.5, 0.6) is 11.5 Å². The topological polar surface area (TPSA) is 47.6 Å². The van der Waals surface area contributed by atoms with E-state index in [0.29, 0.717) is 23.0 Å². The first-order valence-corrected chi connectivity index (χ1v) is 9.56. The van der Waals surface area contributed by atoms with Crippen molar-refractivity contribution in [3.63, 3.8) is 0 Å². The average Bonchev–Trinajstić information content (AvgIpc) is 2.67. The van der Waals surface area contributed by atoms with E-state index in [2.05, 4.69) is 5.32 Å². The molecule has 0 aliphatic carbocycles. The van der Waals surface area contributed by atoms with Gasteiger partial charge < -0.3 is 14.8 Å². The van der Waals surface area contributed by atoms with Crippen molar-refractivity contribution in [2.45, 2.75) is 25.1 Å². The highest BCUT2D eigenvalue weighted by atomic mass is 32.2. The van der Waals surface area contributed by atoms with Crippen LogP contribution in [0.2, 0.25) is 0 Å². The molecule has 0 aromatic heterocycles. The predicted octanol–water partition coefficient (Wildman–Crippen LogP) is 4.34. The molecule has 0 spiro atoms. The molecule has 26 heavy (non-hydrogen) atoms. The van der Waals surface area contributed by atoms with Gasteiger partial charge in [-0.05, 0) is 41.8 Å². The Morgan fingerprint density at radius 3 is 2.42 bits per heavy atom. The minimum atomic E-state index is -0.253. The molecular weight excluding hydrogens is 353 g/mol. The molecular formula is C20H24FNO3S. The minimum absolute atomic E-state index is 0.0289. The van der Waals surface area contributed by atoms with Crippen LogP contribution in [0, 0.1) is 5.82 Å². The zero-order valence-electron chi connectivity index (χ0n) is 15.3. The van der Waals surface area contributed by atoms with Gasteiger partial charge in [-0.1, -0.05) is 25.1 Å². The van der Waals surface area contributed by atoms with Crippen molar-refractivity contribution in [3.8, 4) is 11.5 Å². The number of amides is 1. The first-order valence-electron chi connectivity index (χ1n) is 8.40. The van der Waals surface area contributed by atoms with Gasteiger partial charge in [-0.3, -0.25) is 4.79 Å². The quantitative estimate of drug-likeness (QED) is 0.706. The molecule has 1 amide bonds. The summed E-state index contributed by atoms with van der Waals surface area (Å²) < 4.78 is 23.5. The van der Waals surface area contributed by atoms with Gasteiger partial charge in [0.25, 0.3) is 0 Å². The fourth-order valence-corrected chi connectivity index (χ4v) is 3.37. The summed E-state index contributed by atoms with van der Waals surface area (Å²) in [6.45, 7) is 2.02. The van der Waals surface area contributed by atoms with Gasteiger partial charge in [-0.2, -0.15) is 0 Å². The molecule has 2 rings (SSSR count). The van der Waals surface area contributed by atoms with Crippen LogP contribution in [0.15, 0.2) is 42.5 Å². The van der Waals surface area contributed by atoms with Gasteiger partial charge in [0, 0.05) is 5.75 Å². The maximum Gasteiger partial charge on any atom is 0.230 e. The number of benzene rings is 2. The smallest absolute Gasteiger partial charge is 0.230 e. The lowest BCUT2D eigenvalue weighted by molar-refractivity contribution is -0.119. The summed E-state index contributed by atoms with van der Waals surface area (Å²) in [6, 6.07) is 11.9. The number of rotatable bonds is 9. The minimum Gasteiger partial charge on any atom is -0.493 e. The Morgan fingerprint density at radius 1 is 1.12 bits per heavy atom. The van der Waals surface area contributed by atoms with Gasteiger partial charge >= 0.3 is 0 Å². The highest BCUT2D eigenvalue weighted by molar-refractivity contribution is 7.99. The Bertz CT molecular complexity index is 721. The van der Waals surface area contributed by atoms with Crippen LogP contribution in [-0.4, -0.2) is 25.9 Å². The number of carbonyl (C=O) groups excluding carboxylic acids is 1. The van der Waals surface area contributed by atoms with E-state index in [0.717, 1.165) is 17.5 Å². The van der Waals surface area contributed by atoms with E-state index >= 15 is 0 Å². The van der Waals surface area contributed by atoms with E-state index in [9.17, 15) is 9.18 Å². The number of nitrogens with one attached hydrogen (secondary N) is 1. The predicted molar refractivity (Wildman–Crippen MR) is 103 cm³/mol. The van der Waals surface area contributed by atoms with E-state index in [1.54, 1.807) is 26.4 Å². The second-order valence-electron chi connectivity index (χ2n) is 5.76. The van der Waals surface area contributed by atoms with Gasteiger partial charge in [0.15, 0.2) is 11.5 Å². The van der Waals surface area contributed by atoms with Crippen molar-refractivity contribution >= 4 is 17.7 Å². The molecule has 0 fully saturated rings. The molecule has 1 atom stereocenters. The van der Waals surface area contributed by atoms with Gasteiger partial charge in [0.2, 0.25) is 5.91 Å². The van der Waals surface area contributed by atoms with Crippen molar-refractivity contribution in [2.24, 2.45) is 0 Å². The molecule has 0 aliphatic heterocycles. The summed E-state index contributed by atoms with van der Waals surface area (Å²) in [7, 11) is 3.18. The van der Waals surface area contributed by atoms with E-state index < -0.39 is 0 Å². The summed E-state index contributed by atoms with van der Waals surface area (Å²) in [5, 5.41) is 3.05. The van der Waals surface area contributed by atoms with Crippen molar-refractivity contribution in [2.75, 3.05) is 20.0 Å². The van der Waals surface area contributed by atoms with Crippen molar-refractivity contribution < 1.29 is 18.7 Å². The van der Waals surface area contributed by atoms with Crippen molar-refractivity contribution in [1.29, 1.82) is 0 Å². The highest BCUT2D eigenvalue weighted by Crippen LogP contribution is 2.30. The second-order valence-corrected chi connectivity index (χ2v) is 6.75. The van der Waals surface area contributed by atoms with E-state index in [4.69, 9.17) is 9.47 Å². The monoisotopic (exact) mass is 377 g/mol. The van der Waals surface area contributed by atoms with Crippen molar-refractivity contribution in [1.82, 2.24) is 5.32 Å². The number of hydrogen-bond acceptors (Lipinski definition) is 4. The van der Waals surface area contributed by atoms with Crippen LogP contribution < -0.4 is 14.8 Å².